The molecule has 2 nitrogen and oxygen atoms in total. The van der Waals surface area contributed by atoms with Gasteiger partial charge in [0, 0.05) is 24.8 Å². The van der Waals surface area contributed by atoms with Crippen molar-refractivity contribution < 1.29 is 0 Å². The lowest BCUT2D eigenvalue weighted by molar-refractivity contribution is 0.313. The summed E-state index contributed by atoms with van der Waals surface area (Å²) in [5.41, 5.74) is 2.81. The zero-order valence-corrected chi connectivity index (χ0v) is 13.5. The summed E-state index contributed by atoms with van der Waals surface area (Å²) in [6, 6.07) is 9.95. The van der Waals surface area contributed by atoms with Gasteiger partial charge < -0.3 is 10.2 Å². The SMILES string of the molecule is CCC1CCC(N(C)c2ccccc2C(C)NC)CC1. The third-order valence-corrected chi connectivity index (χ3v) is 5.16. The molecule has 1 saturated carbocycles. The Bertz CT molecular complexity index is 408. The van der Waals surface area contributed by atoms with E-state index in [1.165, 1.54) is 43.4 Å². The van der Waals surface area contributed by atoms with Crippen LogP contribution in [0.5, 0.6) is 0 Å². The Balaban J connectivity index is 2.11. The molecule has 1 N–H and O–H groups in total. The summed E-state index contributed by atoms with van der Waals surface area (Å²) in [6.45, 7) is 4.57. The minimum Gasteiger partial charge on any atom is -0.371 e. The molecule has 20 heavy (non-hydrogen) atoms. The second kappa shape index (κ2) is 7.12. The number of hydrogen-bond donors (Lipinski definition) is 1. The quantitative estimate of drug-likeness (QED) is 0.857. The summed E-state index contributed by atoms with van der Waals surface area (Å²) in [7, 11) is 4.31. The molecule has 1 aromatic carbocycles. The number of anilines is 1. The maximum absolute atomic E-state index is 3.37. The lowest BCUT2D eigenvalue weighted by atomic mass is 9.84. The summed E-state index contributed by atoms with van der Waals surface area (Å²) >= 11 is 0. The van der Waals surface area contributed by atoms with Crippen LogP contribution in [0.2, 0.25) is 0 Å². The molecule has 2 rings (SSSR count). The van der Waals surface area contributed by atoms with E-state index in [9.17, 15) is 0 Å². The van der Waals surface area contributed by atoms with Gasteiger partial charge in [0.2, 0.25) is 0 Å². The molecule has 0 heterocycles. The highest BCUT2D eigenvalue weighted by atomic mass is 15.1. The van der Waals surface area contributed by atoms with E-state index in [0.717, 1.165) is 5.92 Å². The molecule has 0 amide bonds. The van der Waals surface area contributed by atoms with Gasteiger partial charge in [0.1, 0.15) is 0 Å². The monoisotopic (exact) mass is 274 g/mol. The van der Waals surface area contributed by atoms with Crippen LogP contribution in [0.15, 0.2) is 24.3 Å². The molecule has 0 saturated heterocycles. The van der Waals surface area contributed by atoms with Crippen LogP contribution >= 0.6 is 0 Å². The molecular formula is C18H30N2. The average Bonchev–Trinajstić information content (AvgIpc) is 2.53. The van der Waals surface area contributed by atoms with Crippen molar-refractivity contribution in [3.05, 3.63) is 29.8 Å². The molecule has 1 aliphatic rings. The third kappa shape index (κ3) is 3.35. The van der Waals surface area contributed by atoms with Gasteiger partial charge in [-0.15, -0.1) is 0 Å². The summed E-state index contributed by atoms with van der Waals surface area (Å²) < 4.78 is 0. The van der Waals surface area contributed by atoms with E-state index in [-0.39, 0.29) is 0 Å². The lowest BCUT2D eigenvalue weighted by Gasteiger charge is -2.37. The molecule has 1 aliphatic carbocycles. The molecule has 2 heteroatoms. The average molecular weight is 274 g/mol. The molecule has 1 aromatic rings. The summed E-state index contributed by atoms with van der Waals surface area (Å²) in [5.74, 6) is 0.964. The number of rotatable bonds is 5. The van der Waals surface area contributed by atoms with Gasteiger partial charge in [-0.3, -0.25) is 0 Å². The number of para-hydroxylation sites is 1. The van der Waals surface area contributed by atoms with Gasteiger partial charge in [-0.2, -0.15) is 0 Å². The van der Waals surface area contributed by atoms with Crippen molar-refractivity contribution >= 4 is 5.69 Å². The largest absolute Gasteiger partial charge is 0.371 e. The number of benzene rings is 1. The van der Waals surface area contributed by atoms with Crippen molar-refractivity contribution in [3.8, 4) is 0 Å². The summed E-state index contributed by atoms with van der Waals surface area (Å²) in [4.78, 5) is 2.52. The van der Waals surface area contributed by atoms with E-state index in [1.54, 1.807) is 0 Å². The maximum Gasteiger partial charge on any atom is 0.0414 e. The molecule has 0 bridgehead atoms. The predicted octanol–water partition coefficient (Wildman–Crippen LogP) is 4.37. The second-order valence-electron chi connectivity index (χ2n) is 6.26. The Morgan fingerprint density at radius 1 is 1.20 bits per heavy atom. The van der Waals surface area contributed by atoms with Crippen molar-refractivity contribution in [1.82, 2.24) is 5.32 Å². The minimum atomic E-state index is 0.403. The first-order chi connectivity index (χ1) is 9.67. The van der Waals surface area contributed by atoms with E-state index < -0.39 is 0 Å². The smallest absolute Gasteiger partial charge is 0.0414 e. The highest BCUT2D eigenvalue weighted by molar-refractivity contribution is 5.55. The number of nitrogens with one attached hydrogen (secondary N) is 1. The van der Waals surface area contributed by atoms with Crippen LogP contribution in [0, 0.1) is 5.92 Å². The normalized spacial score (nSPS) is 24.4. The van der Waals surface area contributed by atoms with Gasteiger partial charge in [0.25, 0.3) is 0 Å². The van der Waals surface area contributed by atoms with Crippen molar-refractivity contribution in [2.45, 2.75) is 58.0 Å². The zero-order chi connectivity index (χ0) is 14.5. The van der Waals surface area contributed by atoms with Crippen molar-refractivity contribution in [1.29, 1.82) is 0 Å². The highest BCUT2D eigenvalue weighted by Crippen LogP contribution is 2.33. The predicted molar refractivity (Wildman–Crippen MR) is 88.4 cm³/mol. The molecule has 0 aromatic heterocycles. The standard InChI is InChI=1S/C18H30N2/c1-5-15-10-12-16(13-11-15)20(4)18-9-7-6-8-17(18)14(2)19-3/h6-9,14-16,19H,5,10-13H2,1-4H3. The molecule has 1 atom stereocenters. The van der Waals surface area contributed by atoms with Gasteiger partial charge in [-0.1, -0.05) is 31.5 Å². The Labute approximate surface area is 124 Å². The van der Waals surface area contributed by atoms with E-state index >= 15 is 0 Å². The molecule has 112 valence electrons. The molecule has 1 fully saturated rings. The minimum absolute atomic E-state index is 0.403. The highest BCUT2D eigenvalue weighted by Gasteiger charge is 2.24. The van der Waals surface area contributed by atoms with E-state index in [0.29, 0.717) is 12.1 Å². The molecule has 0 aliphatic heterocycles. The van der Waals surface area contributed by atoms with Crippen LogP contribution in [0.25, 0.3) is 0 Å². The first-order valence-electron chi connectivity index (χ1n) is 8.16. The van der Waals surface area contributed by atoms with E-state index in [1.807, 2.05) is 7.05 Å². The molecule has 1 unspecified atom stereocenters. The first kappa shape index (κ1) is 15.4. The van der Waals surface area contributed by atoms with Gasteiger partial charge in [0.15, 0.2) is 0 Å². The van der Waals surface area contributed by atoms with Crippen LogP contribution in [0.4, 0.5) is 5.69 Å². The van der Waals surface area contributed by atoms with E-state index in [4.69, 9.17) is 0 Å². The molecule has 0 radical (unpaired) electrons. The van der Waals surface area contributed by atoms with Gasteiger partial charge in [-0.25, -0.2) is 0 Å². The van der Waals surface area contributed by atoms with Crippen molar-refractivity contribution in [3.63, 3.8) is 0 Å². The molecule has 0 spiro atoms. The maximum atomic E-state index is 3.37. The fraction of sp³-hybridized carbons (Fsp3) is 0.667. The topological polar surface area (TPSA) is 15.3 Å². The number of nitrogens with zero attached hydrogens (tertiary/aromatic N) is 1. The van der Waals surface area contributed by atoms with Crippen molar-refractivity contribution in [2.75, 3.05) is 19.0 Å². The first-order valence-corrected chi connectivity index (χ1v) is 8.16. The van der Waals surface area contributed by atoms with Crippen LogP contribution in [-0.2, 0) is 0 Å². The van der Waals surface area contributed by atoms with Crippen LogP contribution in [0.3, 0.4) is 0 Å². The van der Waals surface area contributed by atoms with Crippen molar-refractivity contribution in [2.24, 2.45) is 5.92 Å². The van der Waals surface area contributed by atoms with Crippen LogP contribution in [-0.4, -0.2) is 20.1 Å². The lowest BCUT2D eigenvalue weighted by Crippen LogP contribution is -2.36. The van der Waals surface area contributed by atoms with Gasteiger partial charge in [0.05, 0.1) is 0 Å². The Morgan fingerprint density at radius 2 is 1.85 bits per heavy atom. The molecular weight excluding hydrogens is 244 g/mol. The van der Waals surface area contributed by atoms with Crippen LogP contribution in [0.1, 0.15) is 57.6 Å². The van der Waals surface area contributed by atoms with Gasteiger partial charge in [-0.05, 0) is 57.2 Å². The fourth-order valence-electron chi connectivity index (χ4n) is 3.47. The Kier molecular flexibility index (Phi) is 5.47. The Morgan fingerprint density at radius 3 is 2.45 bits per heavy atom. The van der Waals surface area contributed by atoms with E-state index in [2.05, 4.69) is 55.4 Å². The summed E-state index contributed by atoms with van der Waals surface area (Å²) in [6.07, 6.45) is 6.84. The number of hydrogen-bond acceptors (Lipinski definition) is 2. The van der Waals surface area contributed by atoms with Gasteiger partial charge >= 0.3 is 0 Å². The fourth-order valence-corrected chi connectivity index (χ4v) is 3.47. The Hall–Kier alpha value is -1.02. The second-order valence-corrected chi connectivity index (χ2v) is 6.26. The zero-order valence-electron chi connectivity index (χ0n) is 13.5. The third-order valence-electron chi connectivity index (χ3n) is 5.16. The van der Waals surface area contributed by atoms with Crippen LogP contribution < -0.4 is 10.2 Å². The summed E-state index contributed by atoms with van der Waals surface area (Å²) in [5, 5.41) is 3.37.